The predicted octanol–water partition coefficient (Wildman–Crippen LogP) is 4.63. The molecule has 15 heteroatoms. The summed E-state index contributed by atoms with van der Waals surface area (Å²) >= 11 is 7.72. The smallest absolute Gasteiger partial charge is 0.322 e. The largest absolute Gasteiger partial charge is 0.493 e. The minimum Gasteiger partial charge on any atom is -0.493 e. The molecule has 0 unspecified atom stereocenters. The van der Waals surface area contributed by atoms with Crippen molar-refractivity contribution in [3.05, 3.63) is 64.2 Å². The number of benzene rings is 2. The van der Waals surface area contributed by atoms with E-state index in [1.165, 1.54) is 11.8 Å². The molecule has 230 valence electrons. The Labute approximate surface area is 257 Å². The van der Waals surface area contributed by atoms with E-state index in [-0.39, 0.29) is 11.8 Å². The molecule has 0 spiro atoms. The number of hydrogen-bond donors (Lipinski definition) is 2. The van der Waals surface area contributed by atoms with Gasteiger partial charge in [-0.1, -0.05) is 35.5 Å². The molecule has 0 aliphatic carbocycles. The summed E-state index contributed by atoms with van der Waals surface area (Å²) in [7, 11) is 3.13. The number of methoxy groups -OCH3 is 2. The molecule has 2 N–H and O–H groups in total. The molecule has 12 nitrogen and oxygen atoms in total. The van der Waals surface area contributed by atoms with Crippen LogP contribution in [0.15, 0.2) is 41.5 Å². The number of ether oxygens (including phenoxy) is 4. The molecule has 2 atom stereocenters. The first-order chi connectivity index (χ1) is 20.7. The zero-order valence-corrected chi connectivity index (χ0v) is 26.0. The van der Waals surface area contributed by atoms with Crippen molar-refractivity contribution in [3.63, 3.8) is 0 Å². The number of nitrogens with zero attached hydrogens (tertiary/aromatic N) is 5. The van der Waals surface area contributed by atoms with Gasteiger partial charge in [-0.25, -0.2) is 9.93 Å². The van der Waals surface area contributed by atoms with Gasteiger partial charge in [0, 0.05) is 22.7 Å². The van der Waals surface area contributed by atoms with Crippen LogP contribution in [-0.4, -0.2) is 63.1 Å². The van der Waals surface area contributed by atoms with Crippen molar-refractivity contribution >= 4 is 34.5 Å². The lowest BCUT2D eigenvalue weighted by Crippen LogP contribution is -2.43. The fourth-order valence-electron chi connectivity index (χ4n) is 4.94. The molecule has 2 aliphatic heterocycles. The van der Waals surface area contributed by atoms with Crippen LogP contribution in [0.1, 0.15) is 62.2 Å². The van der Waals surface area contributed by atoms with Crippen LogP contribution in [0.4, 0.5) is 4.39 Å². The van der Waals surface area contributed by atoms with Gasteiger partial charge < -0.3 is 18.9 Å². The lowest BCUT2D eigenvalue weighted by atomic mass is 9.98. The topological polar surface area (TPSA) is 124 Å². The first-order valence-corrected chi connectivity index (χ1v) is 14.8. The SMILES string of the molecule is CCOC(=O)C(C)(C)SC1=NNN(CC[C@H]2O[C@H](c3cccc(OC)c3OC)c3cc(Cl)ccc3-n3c(CF)nnc32)N1. The molecular formula is C28H33ClFN7O5S. The fraction of sp³-hybridized carbons (Fsp3) is 0.429. The Morgan fingerprint density at radius 3 is 2.72 bits per heavy atom. The van der Waals surface area contributed by atoms with Gasteiger partial charge in [0.2, 0.25) is 0 Å². The molecule has 3 heterocycles. The average Bonchev–Trinajstić information content (AvgIpc) is 3.60. The van der Waals surface area contributed by atoms with Gasteiger partial charge in [0.05, 0.1) is 26.5 Å². The van der Waals surface area contributed by atoms with E-state index in [0.29, 0.717) is 63.9 Å². The lowest BCUT2D eigenvalue weighted by molar-refractivity contribution is -0.145. The van der Waals surface area contributed by atoms with Crippen LogP contribution in [0.3, 0.4) is 0 Å². The highest BCUT2D eigenvalue weighted by molar-refractivity contribution is 8.15. The van der Waals surface area contributed by atoms with Crippen molar-refractivity contribution in [1.82, 2.24) is 30.8 Å². The number of nitrogens with one attached hydrogen (secondary N) is 2. The maximum absolute atomic E-state index is 14.2. The van der Waals surface area contributed by atoms with Gasteiger partial charge in [-0.3, -0.25) is 14.8 Å². The van der Waals surface area contributed by atoms with E-state index >= 15 is 0 Å². The highest BCUT2D eigenvalue weighted by Gasteiger charge is 2.37. The maximum atomic E-state index is 14.2. The van der Waals surface area contributed by atoms with Gasteiger partial charge in [-0.15, -0.1) is 20.4 Å². The quantitative estimate of drug-likeness (QED) is 0.304. The molecule has 2 aromatic carbocycles. The summed E-state index contributed by atoms with van der Waals surface area (Å²) in [6.07, 6.45) is -0.926. The molecule has 0 amide bonds. The molecule has 43 heavy (non-hydrogen) atoms. The van der Waals surface area contributed by atoms with Gasteiger partial charge in [0.25, 0.3) is 0 Å². The van der Waals surface area contributed by atoms with Gasteiger partial charge in [0.15, 0.2) is 28.3 Å². The van der Waals surface area contributed by atoms with Gasteiger partial charge in [-0.05, 0) is 51.5 Å². The number of alkyl halides is 1. The number of thioether (sulfide) groups is 1. The van der Waals surface area contributed by atoms with Crippen LogP contribution in [0.5, 0.6) is 11.5 Å². The Balaban J connectivity index is 1.44. The Morgan fingerprint density at radius 1 is 1.19 bits per heavy atom. The molecule has 0 bridgehead atoms. The maximum Gasteiger partial charge on any atom is 0.322 e. The van der Waals surface area contributed by atoms with Crippen molar-refractivity contribution in [2.75, 3.05) is 27.4 Å². The first-order valence-electron chi connectivity index (χ1n) is 13.6. The average molecular weight is 634 g/mol. The summed E-state index contributed by atoms with van der Waals surface area (Å²) in [5, 5.41) is 15.4. The summed E-state index contributed by atoms with van der Waals surface area (Å²) in [5.74, 6) is 1.29. The Morgan fingerprint density at radius 2 is 2.00 bits per heavy atom. The molecule has 1 aromatic heterocycles. The van der Waals surface area contributed by atoms with Gasteiger partial charge >= 0.3 is 5.97 Å². The van der Waals surface area contributed by atoms with E-state index in [9.17, 15) is 9.18 Å². The number of amidine groups is 1. The lowest BCUT2D eigenvalue weighted by Gasteiger charge is -2.26. The molecule has 5 rings (SSSR count). The minimum atomic E-state index is -0.848. The van der Waals surface area contributed by atoms with Crippen LogP contribution in [0.2, 0.25) is 5.02 Å². The predicted molar refractivity (Wildman–Crippen MR) is 160 cm³/mol. The first kappa shape index (κ1) is 30.9. The van der Waals surface area contributed by atoms with Gasteiger partial charge in [-0.2, -0.15) is 0 Å². The third-order valence-corrected chi connectivity index (χ3v) is 8.22. The molecule has 0 saturated carbocycles. The van der Waals surface area contributed by atoms with E-state index in [4.69, 9.17) is 30.5 Å². The molecule has 0 radical (unpaired) electrons. The van der Waals surface area contributed by atoms with E-state index in [2.05, 4.69) is 26.3 Å². The van der Waals surface area contributed by atoms with E-state index in [1.54, 1.807) is 68.9 Å². The Kier molecular flexibility index (Phi) is 9.30. The Hall–Kier alpha value is -3.59. The highest BCUT2D eigenvalue weighted by atomic mass is 35.5. The van der Waals surface area contributed by atoms with Crippen LogP contribution in [-0.2, 0) is 20.9 Å². The number of halogens is 2. The van der Waals surface area contributed by atoms with E-state index < -0.39 is 23.6 Å². The fourth-order valence-corrected chi connectivity index (χ4v) is 5.99. The van der Waals surface area contributed by atoms with Crippen LogP contribution < -0.4 is 20.4 Å². The molecule has 3 aromatic rings. The number of aromatic nitrogens is 3. The van der Waals surface area contributed by atoms with Crippen molar-refractivity contribution in [3.8, 4) is 17.2 Å². The Bertz CT molecular complexity index is 1520. The molecular weight excluding hydrogens is 601 g/mol. The van der Waals surface area contributed by atoms with E-state index in [0.717, 1.165) is 0 Å². The van der Waals surface area contributed by atoms with Crippen LogP contribution >= 0.6 is 23.4 Å². The normalized spacial score (nSPS) is 18.1. The van der Waals surface area contributed by atoms with Crippen molar-refractivity contribution in [2.45, 2.75) is 50.8 Å². The number of fused-ring (bicyclic) bond motifs is 3. The highest BCUT2D eigenvalue weighted by Crippen LogP contribution is 2.46. The number of carbonyl (C=O) groups is 1. The third kappa shape index (κ3) is 6.23. The zero-order chi connectivity index (χ0) is 30.7. The van der Waals surface area contributed by atoms with E-state index in [1.807, 2.05) is 12.1 Å². The van der Waals surface area contributed by atoms with Crippen molar-refractivity contribution in [2.24, 2.45) is 5.10 Å². The summed E-state index contributed by atoms with van der Waals surface area (Å²) in [5.41, 5.74) is 8.12. The number of hydrazine groups is 2. The number of carbonyl (C=O) groups excluding carboxylic acids is 1. The van der Waals surface area contributed by atoms with Gasteiger partial charge in [0.1, 0.15) is 23.6 Å². The van der Waals surface area contributed by atoms with Crippen molar-refractivity contribution < 1.29 is 28.1 Å². The number of hydrogen-bond acceptors (Lipinski definition) is 12. The summed E-state index contributed by atoms with van der Waals surface area (Å²) in [6.45, 7) is 5.16. The van der Waals surface area contributed by atoms with Crippen molar-refractivity contribution in [1.29, 1.82) is 0 Å². The van der Waals surface area contributed by atoms with Crippen LogP contribution in [0.25, 0.3) is 5.69 Å². The summed E-state index contributed by atoms with van der Waals surface area (Å²) in [6, 6.07) is 10.9. The third-order valence-electron chi connectivity index (χ3n) is 6.93. The standard InChI is InChI=1S/C28H33ClFN7O5S/c1-6-41-26(38)28(2,3)43-27-33-35-36(34-27)13-12-21-25-32-31-22(15-30)37(25)19-11-10-16(29)14-18(19)23(42-21)17-8-7-9-20(39-4)24(17)40-5/h7-11,14,21,23,35H,6,12-13,15H2,1-5H3,(H,33,34)/t21-,23-/m1/s1. The number of hydrazone groups is 1. The zero-order valence-electron chi connectivity index (χ0n) is 24.4. The number of esters is 1. The minimum absolute atomic E-state index is 0.145. The van der Waals surface area contributed by atoms with Crippen LogP contribution in [0, 0.1) is 0 Å². The molecule has 0 saturated heterocycles. The summed E-state index contributed by atoms with van der Waals surface area (Å²) in [4.78, 5) is 12.3. The molecule has 0 fully saturated rings. The monoisotopic (exact) mass is 633 g/mol. The second kappa shape index (κ2) is 13.0. The summed E-state index contributed by atoms with van der Waals surface area (Å²) < 4.78 is 38.4. The number of para-hydroxylation sites is 1. The second-order valence-corrected chi connectivity index (χ2v) is 12.2. The second-order valence-electron chi connectivity index (χ2n) is 10.1. The molecule has 2 aliphatic rings. The number of rotatable bonds is 10.